The Hall–Kier alpha value is -2.13. The van der Waals surface area contributed by atoms with E-state index in [1.54, 1.807) is 0 Å². The van der Waals surface area contributed by atoms with E-state index in [9.17, 15) is 4.79 Å². The van der Waals surface area contributed by atoms with E-state index in [1.807, 2.05) is 24.3 Å². The quantitative estimate of drug-likeness (QED) is 0.808. The minimum absolute atomic E-state index is 0.0151. The lowest BCUT2D eigenvalue weighted by molar-refractivity contribution is -0.178. The molecule has 3 heteroatoms. The van der Waals surface area contributed by atoms with Crippen LogP contribution in [-0.2, 0) is 16.0 Å². The number of nitrogens with zero attached hydrogens (tertiary/aromatic N) is 1. The Bertz CT molecular complexity index is 760. The molecule has 0 saturated carbocycles. The van der Waals surface area contributed by atoms with Gasteiger partial charge in [-0.1, -0.05) is 67.6 Å². The number of benzene rings is 2. The van der Waals surface area contributed by atoms with Gasteiger partial charge in [0.25, 0.3) is 0 Å². The molecular formula is C23H27NO2. The second-order valence-corrected chi connectivity index (χ2v) is 7.73. The molecule has 0 aromatic heterocycles. The van der Waals surface area contributed by atoms with Crippen molar-refractivity contribution in [2.24, 2.45) is 11.8 Å². The minimum atomic E-state index is -0.487. The first-order chi connectivity index (χ1) is 12.6. The van der Waals surface area contributed by atoms with E-state index >= 15 is 0 Å². The molecule has 2 aromatic rings. The molecule has 0 unspecified atom stereocenters. The highest BCUT2D eigenvalue weighted by Crippen LogP contribution is 2.49. The summed E-state index contributed by atoms with van der Waals surface area (Å²) in [7, 11) is 0. The predicted octanol–water partition coefficient (Wildman–Crippen LogP) is 4.59. The molecule has 3 nitrogen and oxygen atoms in total. The summed E-state index contributed by atoms with van der Waals surface area (Å²) in [6.45, 7) is 4.91. The van der Waals surface area contributed by atoms with Gasteiger partial charge in [0.2, 0.25) is 5.91 Å². The summed E-state index contributed by atoms with van der Waals surface area (Å²) in [5.41, 5.74) is 1.92. The standard InChI is InChI=1S/C23H27NO2/c1-3-20-15-19(14-17-10-6-4-7-11-17)22(25)24-21(16-26-23(20,24)2)18-12-8-5-9-13-18/h4-13,19-21H,3,14-16H2,1-2H3/t19-,20-,21+,23+/m1/s1. The molecule has 0 radical (unpaired) electrons. The number of piperidine rings is 1. The number of ether oxygens (including phenoxy) is 1. The number of carbonyl (C=O) groups is 1. The van der Waals surface area contributed by atoms with Crippen LogP contribution >= 0.6 is 0 Å². The Morgan fingerprint density at radius 1 is 1.08 bits per heavy atom. The molecule has 0 bridgehead atoms. The molecule has 2 aliphatic heterocycles. The summed E-state index contributed by atoms with van der Waals surface area (Å²) < 4.78 is 6.29. The van der Waals surface area contributed by atoms with Gasteiger partial charge in [0, 0.05) is 11.8 Å². The first-order valence-corrected chi connectivity index (χ1v) is 9.69. The fourth-order valence-corrected chi connectivity index (χ4v) is 4.78. The van der Waals surface area contributed by atoms with Crippen LogP contribution in [0, 0.1) is 11.8 Å². The zero-order valence-corrected chi connectivity index (χ0v) is 15.6. The molecule has 0 aliphatic carbocycles. The number of hydrogen-bond donors (Lipinski definition) is 0. The molecule has 0 spiro atoms. The molecule has 1 amide bonds. The van der Waals surface area contributed by atoms with E-state index in [0.717, 1.165) is 19.3 Å². The smallest absolute Gasteiger partial charge is 0.228 e. The first-order valence-electron chi connectivity index (χ1n) is 9.69. The zero-order chi connectivity index (χ0) is 18.1. The van der Waals surface area contributed by atoms with Gasteiger partial charge in [-0.3, -0.25) is 4.79 Å². The van der Waals surface area contributed by atoms with Crippen LogP contribution in [0.15, 0.2) is 60.7 Å². The van der Waals surface area contributed by atoms with Crippen molar-refractivity contribution < 1.29 is 9.53 Å². The zero-order valence-electron chi connectivity index (χ0n) is 15.6. The molecule has 4 rings (SSSR count). The van der Waals surface area contributed by atoms with Crippen molar-refractivity contribution >= 4 is 5.91 Å². The lowest BCUT2D eigenvalue weighted by Crippen LogP contribution is -2.58. The number of carbonyl (C=O) groups excluding carboxylic acids is 1. The monoisotopic (exact) mass is 349 g/mol. The summed E-state index contributed by atoms with van der Waals surface area (Å²) in [5.74, 6) is 0.637. The van der Waals surface area contributed by atoms with E-state index in [1.165, 1.54) is 11.1 Å². The van der Waals surface area contributed by atoms with Crippen molar-refractivity contribution in [3.8, 4) is 0 Å². The van der Waals surface area contributed by atoms with Crippen molar-refractivity contribution in [2.75, 3.05) is 6.61 Å². The lowest BCUT2D eigenvalue weighted by atomic mass is 9.76. The maximum Gasteiger partial charge on any atom is 0.228 e. The lowest BCUT2D eigenvalue weighted by Gasteiger charge is -2.48. The largest absolute Gasteiger partial charge is 0.353 e. The Balaban J connectivity index is 1.66. The van der Waals surface area contributed by atoms with Crippen LogP contribution in [0.4, 0.5) is 0 Å². The van der Waals surface area contributed by atoms with Crippen LogP contribution in [0.25, 0.3) is 0 Å². The summed E-state index contributed by atoms with van der Waals surface area (Å²) in [5, 5.41) is 0. The van der Waals surface area contributed by atoms with Gasteiger partial charge in [-0.15, -0.1) is 0 Å². The number of hydrogen-bond acceptors (Lipinski definition) is 2. The highest BCUT2D eigenvalue weighted by atomic mass is 16.5. The van der Waals surface area contributed by atoms with Crippen molar-refractivity contribution in [3.05, 3.63) is 71.8 Å². The van der Waals surface area contributed by atoms with Crippen molar-refractivity contribution in [1.82, 2.24) is 4.90 Å². The Morgan fingerprint density at radius 3 is 2.38 bits per heavy atom. The molecule has 4 atom stereocenters. The third-order valence-electron chi connectivity index (χ3n) is 6.24. The molecule has 136 valence electrons. The second-order valence-electron chi connectivity index (χ2n) is 7.73. The van der Waals surface area contributed by atoms with E-state index in [4.69, 9.17) is 4.74 Å². The average Bonchev–Trinajstić information content (AvgIpc) is 3.04. The van der Waals surface area contributed by atoms with E-state index < -0.39 is 5.72 Å². The Kier molecular flexibility index (Phi) is 4.58. The van der Waals surface area contributed by atoms with Crippen LogP contribution < -0.4 is 0 Å². The van der Waals surface area contributed by atoms with Crippen LogP contribution in [0.3, 0.4) is 0 Å². The molecule has 2 aromatic carbocycles. The van der Waals surface area contributed by atoms with Gasteiger partial charge in [-0.05, 0) is 37.3 Å². The third kappa shape index (κ3) is 2.84. The van der Waals surface area contributed by atoms with Gasteiger partial charge in [0.15, 0.2) is 0 Å². The number of amides is 1. The van der Waals surface area contributed by atoms with Gasteiger partial charge in [-0.25, -0.2) is 0 Å². The highest BCUT2D eigenvalue weighted by molar-refractivity contribution is 5.81. The van der Waals surface area contributed by atoms with Crippen LogP contribution in [-0.4, -0.2) is 23.1 Å². The Labute approximate surface area is 156 Å². The fourth-order valence-electron chi connectivity index (χ4n) is 4.78. The summed E-state index contributed by atoms with van der Waals surface area (Å²) in [6, 6.07) is 20.7. The van der Waals surface area contributed by atoms with Crippen LogP contribution in [0.5, 0.6) is 0 Å². The summed E-state index contributed by atoms with van der Waals surface area (Å²) in [6.07, 6.45) is 2.73. The highest BCUT2D eigenvalue weighted by Gasteiger charge is 2.56. The maximum atomic E-state index is 13.5. The van der Waals surface area contributed by atoms with E-state index in [2.05, 4.69) is 55.1 Å². The molecule has 26 heavy (non-hydrogen) atoms. The Morgan fingerprint density at radius 2 is 1.73 bits per heavy atom. The molecule has 2 aliphatic rings. The number of fused-ring (bicyclic) bond motifs is 1. The molecule has 2 saturated heterocycles. The van der Waals surface area contributed by atoms with Crippen molar-refractivity contribution in [1.29, 1.82) is 0 Å². The van der Waals surface area contributed by atoms with E-state index in [-0.39, 0.29) is 17.9 Å². The fraction of sp³-hybridized carbons (Fsp3) is 0.435. The SMILES string of the molecule is CC[C@@H]1C[C@@H](Cc2ccccc2)C(=O)N2[C@H](c3ccccc3)CO[C@@]12C. The molecular weight excluding hydrogens is 322 g/mol. The van der Waals surface area contributed by atoms with Crippen molar-refractivity contribution in [2.45, 2.75) is 44.9 Å². The minimum Gasteiger partial charge on any atom is -0.353 e. The normalized spacial score (nSPS) is 31.1. The van der Waals surface area contributed by atoms with Gasteiger partial charge >= 0.3 is 0 Å². The van der Waals surface area contributed by atoms with E-state index in [0.29, 0.717) is 12.5 Å². The van der Waals surface area contributed by atoms with Gasteiger partial charge in [-0.2, -0.15) is 0 Å². The maximum absolute atomic E-state index is 13.5. The predicted molar refractivity (Wildman–Crippen MR) is 102 cm³/mol. The van der Waals surface area contributed by atoms with Crippen molar-refractivity contribution in [3.63, 3.8) is 0 Å². The van der Waals surface area contributed by atoms with Gasteiger partial charge < -0.3 is 9.64 Å². The summed E-state index contributed by atoms with van der Waals surface area (Å²) >= 11 is 0. The van der Waals surface area contributed by atoms with Crippen LogP contribution in [0.1, 0.15) is 43.9 Å². The van der Waals surface area contributed by atoms with Crippen LogP contribution in [0.2, 0.25) is 0 Å². The molecule has 2 heterocycles. The average molecular weight is 349 g/mol. The summed E-state index contributed by atoms with van der Waals surface area (Å²) in [4.78, 5) is 15.6. The third-order valence-corrected chi connectivity index (χ3v) is 6.24. The molecule has 2 fully saturated rings. The first kappa shape index (κ1) is 17.3. The number of rotatable bonds is 4. The van der Waals surface area contributed by atoms with Gasteiger partial charge in [0.05, 0.1) is 12.6 Å². The van der Waals surface area contributed by atoms with Gasteiger partial charge in [0.1, 0.15) is 5.72 Å². The molecule has 0 N–H and O–H groups in total. The topological polar surface area (TPSA) is 29.5 Å². The second kappa shape index (κ2) is 6.88.